The van der Waals surface area contributed by atoms with Crippen LogP contribution in [0.5, 0.6) is 0 Å². The Balaban J connectivity index is 1.49. The molecule has 0 radical (unpaired) electrons. The molecule has 3 rings (SSSR count). The second-order valence-corrected chi connectivity index (χ2v) is 10.9. The first-order valence-electron chi connectivity index (χ1n) is 8.55. The smallest absolute Gasteiger partial charge is 0.221 e. The Morgan fingerprint density at radius 3 is 2.56 bits per heavy atom. The zero-order valence-electron chi connectivity index (χ0n) is 14.0. The number of likely N-dealkylation sites (tertiary alicyclic amines) is 1. The van der Waals surface area contributed by atoms with Crippen molar-refractivity contribution in [3.05, 3.63) is 28.7 Å². The number of sulfone groups is 1. The van der Waals surface area contributed by atoms with E-state index < -0.39 is 9.84 Å². The molecule has 5 nitrogen and oxygen atoms in total. The Bertz CT molecular complexity index is 703. The van der Waals surface area contributed by atoms with Gasteiger partial charge in [-0.1, -0.05) is 15.9 Å². The van der Waals surface area contributed by atoms with Crippen LogP contribution in [-0.2, 0) is 14.6 Å². The number of hydrogen-bond donors (Lipinski definition) is 1. The van der Waals surface area contributed by atoms with Crippen molar-refractivity contribution >= 4 is 43.4 Å². The van der Waals surface area contributed by atoms with E-state index in [1.54, 1.807) is 11.8 Å². The summed E-state index contributed by atoms with van der Waals surface area (Å²) in [5.74, 6) is 0.864. The number of halogens is 1. The molecule has 2 atom stereocenters. The lowest BCUT2D eigenvalue weighted by atomic mass is 10.1. The molecule has 2 aliphatic heterocycles. The van der Waals surface area contributed by atoms with Gasteiger partial charge >= 0.3 is 0 Å². The van der Waals surface area contributed by atoms with E-state index in [1.165, 1.54) is 0 Å². The van der Waals surface area contributed by atoms with Crippen molar-refractivity contribution in [2.45, 2.75) is 36.2 Å². The maximum atomic E-state index is 12.3. The van der Waals surface area contributed by atoms with Gasteiger partial charge in [0.1, 0.15) is 0 Å². The van der Waals surface area contributed by atoms with Gasteiger partial charge in [0.25, 0.3) is 0 Å². The van der Waals surface area contributed by atoms with E-state index in [0.29, 0.717) is 12.2 Å². The highest BCUT2D eigenvalue weighted by atomic mass is 79.9. The molecular weight excluding hydrogens is 424 g/mol. The topological polar surface area (TPSA) is 66.5 Å². The summed E-state index contributed by atoms with van der Waals surface area (Å²) >= 11 is 5.03. The van der Waals surface area contributed by atoms with Crippen molar-refractivity contribution < 1.29 is 13.2 Å². The van der Waals surface area contributed by atoms with Gasteiger partial charge in [-0.3, -0.25) is 9.69 Å². The molecule has 2 saturated heterocycles. The Kier molecular flexibility index (Phi) is 6.46. The number of benzene rings is 1. The summed E-state index contributed by atoms with van der Waals surface area (Å²) in [5, 5.41) is 2.98. The monoisotopic (exact) mass is 446 g/mol. The minimum Gasteiger partial charge on any atom is -0.351 e. The highest BCUT2D eigenvalue weighted by Crippen LogP contribution is 2.24. The number of rotatable bonds is 6. The minimum absolute atomic E-state index is 0.0593. The zero-order valence-corrected chi connectivity index (χ0v) is 17.2. The van der Waals surface area contributed by atoms with Crippen LogP contribution in [0.4, 0.5) is 0 Å². The van der Waals surface area contributed by atoms with Gasteiger partial charge in [-0.15, -0.1) is 11.8 Å². The molecule has 2 unspecified atom stereocenters. The molecule has 0 spiro atoms. The summed E-state index contributed by atoms with van der Waals surface area (Å²) in [5.41, 5.74) is 0. The van der Waals surface area contributed by atoms with Crippen LogP contribution in [-0.4, -0.2) is 61.7 Å². The maximum Gasteiger partial charge on any atom is 0.221 e. The summed E-state index contributed by atoms with van der Waals surface area (Å²) in [6.07, 6.45) is 2.62. The van der Waals surface area contributed by atoms with Crippen molar-refractivity contribution in [1.82, 2.24) is 10.2 Å². The molecule has 1 aromatic rings. The van der Waals surface area contributed by atoms with Crippen molar-refractivity contribution in [1.29, 1.82) is 0 Å². The quantitative estimate of drug-likeness (QED) is 0.678. The van der Waals surface area contributed by atoms with Crippen LogP contribution in [0, 0.1) is 0 Å². The normalized spacial score (nSPS) is 26.0. The molecule has 0 saturated carbocycles. The van der Waals surface area contributed by atoms with Gasteiger partial charge in [0.05, 0.1) is 17.5 Å². The largest absolute Gasteiger partial charge is 0.351 e. The van der Waals surface area contributed by atoms with Crippen LogP contribution >= 0.6 is 27.7 Å². The first-order chi connectivity index (χ1) is 11.9. The first kappa shape index (κ1) is 19.2. The summed E-state index contributed by atoms with van der Waals surface area (Å²) in [6.45, 7) is 1.87. The van der Waals surface area contributed by atoms with Crippen LogP contribution in [0.2, 0.25) is 0 Å². The van der Waals surface area contributed by atoms with Gasteiger partial charge in [0.15, 0.2) is 9.84 Å². The van der Waals surface area contributed by atoms with Gasteiger partial charge in [-0.25, -0.2) is 8.42 Å². The lowest BCUT2D eigenvalue weighted by Crippen LogP contribution is -2.50. The van der Waals surface area contributed by atoms with E-state index in [2.05, 4.69) is 26.1 Å². The molecule has 2 heterocycles. The lowest BCUT2D eigenvalue weighted by Gasteiger charge is -2.28. The third-order valence-electron chi connectivity index (χ3n) is 4.69. The second kappa shape index (κ2) is 8.41. The fourth-order valence-electron chi connectivity index (χ4n) is 3.47. The highest BCUT2D eigenvalue weighted by molar-refractivity contribution is 9.10. The van der Waals surface area contributed by atoms with Crippen molar-refractivity contribution in [2.75, 3.05) is 30.3 Å². The Morgan fingerprint density at radius 1 is 1.20 bits per heavy atom. The van der Waals surface area contributed by atoms with Gasteiger partial charge in [-0.2, -0.15) is 0 Å². The fourth-order valence-corrected chi connectivity index (χ4v) is 6.54. The molecule has 0 aliphatic carbocycles. The average Bonchev–Trinajstić information content (AvgIpc) is 3.17. The van der Waals surface area contributed by atoms with E-state index in [-0.39, 0.29) is 29.5 Å². The molecule has 8 heteroatoms. The van der Waals surface area contributed by atoms with Crippen molar-refractivity contribution in [3.8, 4) is 0 Å². The second-order valence-electron chi connectivity index (χ2n) is 6.61. The summed E-state index contributed by atoms with van der Waals surface area (Å²) < 4.78 is 25.1. The summed E-state index contributed by atoms with van der Waals surface area (Å²) in [7, 11) is -3.06. The number of carbonyl (C=O) groups is 1. The summed E-state index contributed by atoms with van der Waals surface area (Å²) in [4.78, 5) is 15.6. The van der Waals surface area contributed by atoms with Crippen molar-refractivity contribution in [2.24, 2.45) is 0 Å². The van der Waals surface area contributed by atoms with Crippen LogP contribution in [0.3, 0.4) is 0 Å². The highest BCUT2D eigenvalue weighted by Gasteiger charge is 2.42. The van der Waals surface area contributed by atoms with Gasteiger partial charge in [-0.05, 0) is 50.2 Å². The molecule has 1 amide bonds. The predicted octanol–water partition coefficient (Wildman–Crippen LogP) is 2.31. The van der Waals surface area contributed by atoms with Crippen LogP contribution in [0.1, 0.15) is 19.3 Å². The number of hydrogen-bond acceptors (Lipinski definition) is 5. The lowest BCUT2D eigenvalue weighted by molar-refractivity contribution is -0.121. The van der Waals surface area contributed by atoms with Gasteiger partial charge in [0, 0.05) is 27.6 Å². The van der Waals surface area contributed by atoms with Gasteiger partial charge < -0.3 is 5.32 Å². The van der Waals surface area contributed by atoms with Gasteiger partial charge in [0.2, 0.25) is 5.91 Å². The predicted molar refractivity (Wildman–Crippen MR) is 105 cm³/mol. The van der Waals surface area contributed by atoms with E-state index >= 15 is 0 Å². The number of carbonyl (C=O) groups excluding carboxylic acids is 1. The maximum absolute atomic E-state index is 12.3. The average molecular weight is 447 g/mol. The van der Waals surface area contributed by atoms with E-state index in [1.807, 2.05) is 24.3 Å². The van der Waals surface area contributed by atoms with E-state index in [4.69, 9.17) is 0 Å². The molecule has 0 bridgehead atoms. The van der Waals surface area contributed by atoms with Crippen molar-refractivity contribution in [3.63, 3.8) is 0 Å². The zero-order chi connectivity index (χ0) is 17.9. The third-order valence-corrected chi connectivity index (χ3v) is 7.95. The Morgan fingerprint density at radius 2 is 1.88 bits per heavy atom. The van der Waals surface area contributed by atoms with Crippen LogP contribution in [0.25, 0.3) is 0 Å². The Hall–Kier alpha value is -0.570. The molecule has 0 aromatic heterocycles. The number of nitrogens with zero attached hydrogens (tertiary/aromatic N) is 1. The Labute approximate surface area is 162 Å². The van der Waals surface area contributed by atoms with Crippen LogP contribution < -0.4 is 5.32 Å². The molecule has 2 fully saturated rings. The van der Waals surface area contributed by atoms with E-state index in [0.717, 1.165) is 35.3 Å². The molecule has 1 aromatic carbocycles. The SMILES string of the molecule is O=C(CCSc1ccc(Br)cc1)NC1CS(=O)(=O)CC1N1CCCC1. The minimum atomic E-state index is -3.06. The number of nitrogens with one attached hydrogen (secondary N) is 1. The fraction of sp³-hybridized carbons (Fsp3) is 0.588. The first-order valence-corrected chi connectivity index (χ1v) is 12.2. The standard InChI is InChI=1S/C17H23BrN2O3S2/c18-13-3-5-14(6-4-13)24-10-7-17(21)19-15-11-25(22,23)12-16(15)20-8-1-2-9-20/h3-6,15-16H,1-2,7-12H2,(H,19,21). The summed E-state index contributed by atoms with van der Waals surface area (Å²) in [6, 6.07) is 7.65. The molecule has 25 heavy (non-hydrogen) atoms. The van der Waals surface area contributed by atoms with E-state index in [9.17, 15) is 13.2 Å². The molecule has 138 valence electrons. The molecule has 1 N–H and O–H groups in total. The molecular formula is C17H23BrN2O3S2. The number of thioether (sulfide) groups is 1. The third kappa shape index (κ3) is 5.45. The molecule has 2 aliphatic rings. The number of amides is 1. The van der Waals surface area contributed by atoms with Crippen LogP contribution in [0.15, 0.2) is 33.6 Å².